The standard InChI is InChI=1S/C14H19ClN2OS.ClH/c1-2-19-13-6-5-10(15)8-12(13)17-14(18)9-11-4-3-7-16-11;/h5-6,8,11,16H,2-4,7,9H2,1H3,(H,17,18);1H. The molecule has 1 fully saturated rings. The Morgan fingerprint density at radius 2 is 2.35 bits per heavy atom. The van der Waals surface area contributed by atoms with Gasteiger partial charge < -0.3 is 10.6 Å². The van der Waals surface area contributed by atoms with E-state index in [9.17, 15) is 4.79 Å². The first kappa shape index (κ1) is 17.6. The van der Waals surface area contributed by atoms with Crippen molar-refractivity contribution in [2.75, 3.05) is 17.6 Å². The molecular weight excluding hydrogens is 315 g/mol. The summed E-state index contributed by atoms with van der Waals surface area (Å²) in [5.74, 6) is 1.02. The number of halogens is 2. The summed E-state index contributed by atoms with van der Waals surface area (Å²) in [6.45, 7) is 3.11. The molecule has 0 bridgehead atoms. The van der Waals surface area contributed by atoms with Crippen LogP contribution in [0.15, 0.2) is 23.1 Å². The van der Waals surface area contributed by atoms with E-state index in [1.807, 2.05) is 18.2 Å². The van der Waals surface area contributed by atoms with Gasteiger partial charge in [0.25, 0.3) is 0 Å². The fraction of sp³-hybridized carbons (Fsp3) is 0.500. The van der Waals surface area contributed by atoms with Gasteiger partial charge in [-0.3, -0.25) is 4.79 Å². The van der Waals surface area contributed by atoms with Gasteiger partial charge in [-0.25, -0.2) is 0 Å². The van der Waals surface area contributed by atoms with Gasteiger partial charge in [0.1, 0.15) is 0 Å². The summed E-state index contributed by atoms with van der Waals surface area (Å²) in [5.41, 5.74) is 0.822. The largest absolute Gasteiger partial charge is 0.325 e. The van der Waals surface area contributed by atoms with E-state index in [0.717, 1.165) is 35.7 Å². The maximum Gasteiger partial charge on any atom is 0.225 e. The van der Waals surface area contributed by atoms with Crippen LogP contribution in [0.5, 0.6) is 0 Å². The van der Waals surface area contributed by atoms with Crippen molar-refractivity contribution >= 4 is 47.4 Å². The van der Waals surface area contributed by atoms with Crippen LogP contribution in [0.3, 0.4) is 0 Å². The van der Waals surface area contributed by atoms with Crippen LogP contribution in [-0.2, 0) is 4.79 Å². The highest BCUT2D eigenvalue weighted by Crippen LogP contribution is 2.30. The lowest BCUT2D eigenvalue weighted by Crippen LogP contribution is -2.27. The minimum Gasteiger partial charge on any atom is -0.325 e. The first-order valence-corrected chi connectivity index (χ1v) is 8.01. The van der Waals surface area contributed by atoms with E-state index in [4.69, 9.17) is 11.6 Å². The molecule has 1 aliphatic rings. The molecule has 0 aliphatic carbocycles. The second-order valence-electron chi connectivity index (χ2n) is 4.62. The number of carbonyl (C=O) groups is 1. The highest BCUT2D eigenvalue weighted by atomic mass is 35.5. The Hall–Kier alpha value is -0.420. The number of amides is 1. The van der Waals surface area contributed by atoms with Gasteiger partial charge >= 0.3 is 0 Å². The predicted octanol–water partition coefficient (Wildman–Crippen LogP) is 3.95. The van der Waals surface area contributed by atoms with Crippen LogP contribution in [0.2, 0.25) is 5.02 Å². The third-order valence-electron chi connectivity index (χ3n) is 3.11. The Morgan fingerprint density at radius 1 is 1.55 bits per heavy atom. The molecule has 1 atom stereocenters. The van der Waals surface area contributed by atoms with Crippen molar-refractivity contribution in [3.8, 4) is 0 Å². The molecule has 1 unspecified atom stereocenters. The SMILES string of the molecule is CCSc1ccc(Cl)cc1NC(=O)CC1CCCN1.Cl. The van der Waals surface area contributed by atoms with Crippen molar-refractivity contribution in [2.24, 2.45) is 0 Å². The molecule has 0 radical (unpaired) electrons. The van der Waals surface area contributed by atoms with E-state index in [1.54, 1.807) is 11.8 Å². The van der Waals surface area contributed by atoms with Gasteiger partial charge in [-0.1, -0.05) is 18.5 Å². The predicted molar refractivity (Wildman–Crippen MR) is 89.4 cm³/mol. The lowest BCUT2D eigenvalue weighted by atomic mass is 10.1. The average molecular weight is 335 g/mol. The molecule has 1 aliphatic heterocycles. The number of hydrogen-bond donors (Lipinski definition) is 2. The number of hydrogen-bond acceptors (Lipinski definition) is 3. The zero-order chi connectivity index (χ0) is 13.7. The van der Waals surface area contributed by atoms with Gasteiger partial charge in [0.15, 0.2) is 0 Å². The molecule has 1 aromatic carbocycles. The molecule has 20 heavy (non-hydrogen) atoms. The van der Waals surface area contributed by atoms with E-state index in [2.05, 4.69) is 17.6 Å². The highest BCUT2D eigenvalue weighted by Gasteiger charge is 2.18. The molecule has 2 N–H and O–H groups in total. The van der Waals surface area contributed by atoms with Gasteiger partial charge in [0, 0.05) is 22.4 Å². The van der Waals surface area contributed by atoms with Crippen molar-refractivity contribution in [3.05, 3.63) is 23.2 Å². The minimum absolute atomic E-state index is 0. The first-order chi connectivity index (χ1) is 9.19. The van der Waals surface area contributed by atoms with Gasteiger partial charge in [-0.2, -0.15) is 0 Å². The summed E-state index contributed by atoms with van der Waals surface area (Å²) in [5, 5.41) is 6.96. The van der Waals surface area contributed by atoms with Gasteiger partial charge in [0.05, 0.1) is 5.69 Å². The van der Waals surface area contributed by atoms with Crippen molar-refractivity contribution in [1.82, 2.24) is 5.32 Å². The molecule has 0 spiro atoms. The van der Waals surface area contributed by atoms with E-state index in [-0.39, 0.29) is 18.3 Å². The maximum absolute atomic E-state index is 12.0. The molecule has 1 saturated heterocycles. The summed E-state index contributed by atoms with van der Waals surface area (Å²) < 4.78 is 0. The van der Waals surface area contributed by atoms with E-state index in [0.29, 0.717) is 17.5 Å². The minimum atomic E-state index is 0. The normalized spacial score (nSPS) is 17.6. The summed E-state index contributed by atoms with van der Waals surface area (Å²) in [7, 11) is 0. The lowest BCUT2D eigenvalue weighted by Gasteiger charge is -2.13. The molecule has 1 amide bonds. The van der Waals surface area contributed by atoms with Crippen LogP contribution in [0.1, 0.15) is 26.2 Å². The van der Waals surface area contributed by atoms with Crippen LogP contribution in [-0.4, -0.2) is 24.2 Å². The van der Waals surface area contributed by atoms with Crippen LogP contribution in [0.25, 0.3) is 0 Å². The number of thioether (sulfide) groups is 1. The van der Waals surface area contributed by atoms with Crippen molar-refractivity contribution in [2.45, 2.75) is 37.1 Å². The molecule has 2 rings (SSSR count). The Morgan fingerprint density at radius 3 is 3.00 bits per heavy atom. The molecule has 0 aromatic heterocycles. The number of benzene rings is 1. The monoisotopic (exact) mass is 334 g/mol. The zero-order valence-corrected chi connectivity index (χ0v) is 13.8. The zero-order valence-electron chi connectivity index (χ0n) is 11.4. The fourth-order valence-electron chi connectivity index (χ4n) is 2.24. The molecule has 6 heteroatoms. The number of anilines is 1. The van der Waals surface area contributed by atoms with Gasteiger partial charge in [0.2, 0.25) is 5.91 Å². The third kappa shape index (κ3) is 5.17. The smallest absolute Gasteiger partial charge is 0.225 e. The quantitative estimate of drug-likeness (QED) is 0.801. The third-order valence-corrected chi connectivity index (χ3v) is 4.30. The van der Waals surface area contributed by atoms with E-state index < -0.39 is 0 Å². The Bertz CT molecular complexity index is 451. The maximum atomic E-state index is 12.0. The molecular formula is C14H20Cl2N2OS. The van der Waals surface area contributed by atoms with E-state index in [1.165, 1.54) is 0 Å². The van der Waals surface area contributed by atoms with Gasteiger partial charge in [-0.05, 0) is 43.3 Å². The van der Waals surface area contributed by atoms with Crippen LogP contribution < -0.4 is 10.6 Å². The second-order valence-corrected chi connectivity index (χ2v) is 6.36. The lowest BCUT2D eigenvalue weighted by molar-refractivity contribution is -0.116. The molecule has 3 nitrogen and oxygen atoms in total. The highest BCUT2D eigenvalue weighted by molar-refractivity contribution is 7.99. The van der Waals surface area contributed by atoms with Crippen LogP contribution >= 0.6 is 35.8 Å². The first-order valence-electron chi connectivity index (χ1n) is 6.64. The second kappa shape index (κ2) is 8.78. The number of nitrogens with one attached hydrogen (secondary N) is 2. The average Bonchev–Trinajstić information content (AvgIpc) is 2.85. The van der Waals surface area contributed by atoms with Crippen LogP contribution in [0.4, 0.5) is 5.69 Å². The molecule has 112 valence electrons. The summed E-state index contributed by atoms with van der Waals surface area (Å²) in [6.07, 6.45) is 2.77. The number of carbonyl (C=O) groups excluding carboxylic acids is 1. The topological polar surface area (TPSA) is 41.1 Å². The van der Waals surface area contributed by atoms with Crippen molar-refractivity contribution in [1.29, 1.82) is 0 Å². The Kier molecular flexibility index (Phi) is 7.74. The van der Waals surface area contributed by atoms with E-state index >= 15 is 0 Å². The van der Waals surface area contributed by atoms with Gasteiger partial charge in [-0.15, -0.1) is 24.2 Å². The summed E-state index contributed by atoms with van der Waals surface area (Å²) in [4.78, 5) is 13.1. The summed E-state index contributed by atoms with van der Waals surface area (Å²) in [6, 6.07) is 5.95. The van der Waals surface area contributed by atoms with Crippen molar-refractivity contribution < 1.29 is 4.79 Å². The Labute approximate surface area is 135 Å². The Balaban J connectivity index is 0.00000200. The summed E-state index contributed by atoms with van der Waals surface area (Å²) >= 11 is 7.70. The molecule has 1 aromatic rings. The van der Waals surface area contributed by atoms with Crippen molar-refractivity contribution in [3.63, 3.8) is 0 Å². The number of rotatable bonds is 5. The fourth-order valence-corrected chi connectivity index (χ4v) is 3.15. The molecule has 1 heterocycles. The van der Waals surface area contributed by atoms with Crippen LogP contribution in [0, 0.1) is 0 Å². The molecule has 0 saturated carbocycles.